The topological polar surface area (TPSA) is 57.6 Å². The number of nitrogens with zero attached hydrogens (tertiary/aromatic N) is 1. The highest BCUT2D eigenvalue weighted by molar-refractivity contribution is 6.30. The number of hydrogen-bond donors (Lipinski definition) is 1. The third-order valence-corrected chi connectivity index (χ3v) is 5.41. The minimum atomic E-state index is -1.07. The van der Waals surface area contributed by atoms with Crippen LogP contribution in [0.2, 0.25) is 5.02 Å². The minimum Gasteiger partial charge on any atom is -0.481 e. The van der Waals surface area contributed by atoms with Gasteiger partial charge in [0, 0.05) is 17.1 Å². The zero-order valence-corrected chi connectivity index (χ0v) is 16.0. The predicted octanol–water partition coefficient (Wildman–Crippen LogP) is 5.04. The Hall–Kier alpha value is -3.18. The number of carboxylic acid groups (broad SMARTS) is 1. The number of hydrogen-bond acceptors (Lipinski definition) is 2. The molecule has 0 saturated heterocycles. The largest absolute Gasteiger partial charge is 0.481 e. The maximum Gasteiger partial charge on any atom is 0.313 e. The molecule has 0 aromatic heterocycles. The predicted molar refractivity (Wildman–Crippen MR) is 107 cm³/mol. The van der Waals surface area contributed by atoms with E-state index in [1.807, 2.05) is 0 Å². The van der Waals surface area contributed by atoms with Crippen LogP contribution in [-0.2, 0) is 11.3 Å². The second kappa shape index (κ2) is 7.68. The van der Waals surface area contributed by atoms with Crippen molar-refractivity contribution in [3.8, 4) is 0 Å². The van der Waals surface area contributed by atoms with Gasteiger partial charge in [0.05, 0.1) is 6.04 Å². The summed E-state index contributed by atoms with van der Waals surface area (Å²) in [5.74, 6) is -2.86. The zero-order chi connectivity index (χ0) is 20.5. The molecule has 0 bridgehead atoms. The van der Waals surface area contributed by atoms with Crippen molar-refractivity contribution in [3.63, 3.8) is 0 Å². The number of benzene rings is 3. The SMILES string of the molecule is O=C(O)[C@H]1c2ccccc2C(=O)N(Cc2ccc(Cl)cc2)[C@@H]1c1cccc(F)c1. The van der Waals surface area contributed by atoms with E-state index in [1.165, 1.54) is 23.1 Å². The molecule has 1 aliphatic heterocycles. The fourth-order valence-electron chi connectivity index (χ4n) is 3.88. The van der Waals surface area contributed by atoms with Crippen LogP contribution in [0, 0.1) is 5.82 Å². The lowest BCUT2D eigenvalue weighted by Crippen LogP contribution is -2.44. The smallest absolute Gasteiger partial charge is 0.313 e. The van der Waals surface area contributed by atoms with Crippen LogP contribution in [0.3, 0.4) is 0 Å². The van der Waals surface area contributed by atoms with Gasteiger partial charge in [-0.2, -0.15) is 0 Å². The lowest BCUT2D eigenvalue weighted by molar-refractivity contribution is -0.140. The van der Waals surface area contributed by atoms with E-state index in [0.29, 0.717) is 21.7 Å². The molecule has 29 heavy (non-hydrogen) atoms. The molecule has 2 atom stereocenters. The van der Waals surface area contributed by atoms with Crippen LogP contribution in [-0.4, -0.2) is 21.9 Å². The summed E-state index contributed by atoms with van der Waals surface area (Å²) in [6, 6.07) is 18.6. The summed E-state index contributed by atoms with van der Waals surface area (Å²) in [4.78, 5) is 27.1. The molecule has 1 aliphatic rings. The van der Waals surface area contributed by atoms with Gasteiger partial charge in [-0.15, -0.1) is 0 Å². The second-order valence-electron chi connectivity index (χ2n) is 6.96. The van der Waals surface area contributed by atoms with Crippen molar-refractivity contribution in [3.05, 3.63) is 106 Å². The van der Waals surface area contributed by atoms with E-state index in [2.05, 4.69) is 0 Å². The molecule has 146 valence electrons. The van der Waals surface area contributed by atoms with Gasteiger partial charge in [-0.05, 0) is 47.0 Å². The Morgan fingerprint density at radius 2 is 1.76 bits per heavy atom. The third kappa shape index (κ3) is 3.61. The zero-order valence-electron chi connectivity index (χ0n) is 15.3. The van der Waals surface area contributed by atoms with Crippen LogP contribution in [0.25, 0.3) is 0 Å². The van der Waals surface area contributed by atoms with Gasteiger partial charge in [0.2, 0.25) is 0 Å². The average molecular weight is 410 g/mol. The number of rotatable bonds is 4. The molecule has 0 radical (unpaired) electrons. The van der Waals surface area contributed by atoms with Gasteiger partial charge in [-0.3, -0.25) is 9.59 Å². The maximum absolute atomic E-state index is 14.0. The van der Waals surface area contributed by atoms with E-state index < -0.39 is 23.7 Å². The first-order valence-electron chi connectivity index (χ1n) is 9.08. The van der Waals surface area contributed by atoms with Crippen LogP contribution in [0.4, 0.5) is 4.39 Å². The molecule has 4 rings (SSSR count). The molecule has 0 saturated carbocycles. The summed E-state index contributed by atoms with van der Waals surface area (Å²) in [6.07, 6.45) is 0. The molecule has 4 nitrogen and oxygen atoms in total. The van der Waals surface area contributed by atoms with E-state index >= 15 is 0 Å². The molecule has 3 aromatic rings. The van der Waals surface area contributed by atoms with Crippen LogP contribution in [0.1, 0.15) is 39.0 Å². The van der Waals surface area contributed by atoms with Gasteiger partial charge in [-0.25, -0.2) is 4.39 Å². The number of carbonyl (C=O) groups excluding carboxylic acids is 1. The average Bonchev–Trinajstić information content (AvgIpc) is 2.71. The fourth-order valence-corrected chi connectivity index (χ4v) is 4.01. The highest BCUT2D eigenvalue weighted by Gasteiger charge is 2.44. The summed E-state index contributed by atoms with van der Waals surface area (Å²) in [7, 11) is 0. The first-order chi connectivity index (χ1) is 14.0. The lowest BCUT2D eigenvalue weighted by atomic mass is 9.79. The van der Waals surface area contributed by atoms with Crippen LogP contribution in [0.5, 0.6) is 0 Å². The summed E-state index contributed by atoms with van der Waals surface area (Å²) in [5.41, 5.74) is 2.02. The van der Waals surface area contributed by atoms with Crippen LogP contribution >= 0.6 is 11.6 Å². The molecule has 6 heteroatoms. The first kappa shape index (κ1) is 19.2. The summed E-state index contributed by atoms with van der Waals surface area (Å²) in [5, 5.41) is 10.6. The van der Waals surface area contributed by atoms with Crippen molar-refractivity contribution < 1.29 is 19.1 Å². The Morgan fingerprint density at radius 3 is 2.45 bits per heavy atom. The standard InChI is InChI=1S/C23H17ClFNO3/c24-16-10-8-14(9-11-16)13-26-21(15-4-3-5-17(25)12-15)20(23(28)29)18-6-1-2-7-19(18)22(26)27/h1-12,20-21H,13H2,(H,28,29)/t20-,21+/m0/s1. The molecule has 0 unspecified atom stereocenters. The summed E-state index contributed by atoms with van der Waals surface area (Å²) >= 11 is 5.96. The molecule has 1 N–H and O–H groups in total. The van der Waals surface area contributed by atoms with Gasteiger partial charge in [0.15, 0.2) is 0 Å². The summed E-state index contributed by atoms with van der Waals surface area (Å²) < 4.78 is 14.0. The first-order valence-corrected chi connectivity index (χ1v) is 9.46. The van der Waals surface area contributed by atoms with Crippen LogP contribution < -0.4 is 0 Å². The highest BCUT2D eigenvalue weighted by atomic mass is 35.5. The van der Waals surface area contributed by atoms with Crippen molar-refractivity contribution >= 4 is 23.5 Å². The van der Waals surface area contributed by atoms with E-state index in [9.17, 15) is 19.1 Å². The van der Waals surface area contributed by atoms with Gasteiger partial charge in [-0.1, -0.05) is 54.1 Å². The molecule has 0 spiro atoms. The van der Waals surface area contributed by atoms with Gasteiger partial charge in [0.25, 0.3) is 5.91 Å². The number of fused-ring (bicyclic) bond motifs is 1. The molecular weight excluding hydrogens is 393 g/mol. The van der Waals surface area contributed by atoms with Crippen molar-refractivity contribution in [1.29, 1.82) is 0 Å². The number of aliphatic carboxylic acids is 1. The number of carbonyl (C=O) groups is 2. The Bertz CT molecular complexity index is 1080. The molecule has 0 fully saturated rings. The minimum absolute atomic E-state index is 0.176. The fraction of sp³-hybridized carbons (Fsp3) is 0.130. The van der Waals surface area contributed by atoms with Crippen molar-refractivity contribution in [2.24, 2.45) is 0 Å². The Labute approximate surface area is 172 Å². The van der Waals surface area contributed by atoms with E-state index in [1.54, 1.807) is 54.6 Å². The lowest BCUT2D eigenvalue weighted by Gasteiger charge is -2.41. The quantitative estimate of drug-likeness (QED) is 0.656. The Morgan fingerprint density at radius 1 is 1.03 bits per heavy atom. The summed E-state index contributed by atoms with van der Waals surface area (Å²) in [6.45, 7) is 0.176. The maximum atomic E-state index is 14.0. The van der Waals surface area contributed by atoms with E-state index in [-0.39, 0.29) is 12.5 Å². The molecule has 1 amide bonds. The monoisotopic (exact) mass is 409 g/mol. The molecule has 3 aromatic carbocycles. The number of amides is 1. The third-order valence-electron chi connectivity index (χ3n) is 5.16. The van der Waals surface area contributed by atoms with E-state index in [4.69, 9.17) is 11.6 Å². The highest BCUT2D eigenvalue weighted by Crippen LogP contribution is 2.43. The number of carboxylic acids is 1. The number of halogens is 2. The van der Waals surface area contributed by atoms with Crippen LogP contribution in [0.15, 0.2) is 72.8 Å². The Kier molecular flexibility index (Phi) is 5.07. The van der Waals surface area contributed by atoms with Gasteiger partial charge in [0.1, 0.15) is 11.7 Å². The normalized spacial score (nSPS) is 18.4. The van der Waals surface area contributed by atoms with Crippen molar-refractivity contribution in [2.75, 3.05) is 0 Å². The van der Waals surface area contributed by atoms with Crippen molar-refractivity contribution in [2.45, 2.75) is 18.5 Å². The second-order valence-corrected chi connectivity index (χ2v) is 7.40. The molecule has 1 heterocycles. The molecular formula is C23H17ClFNO3. The van der Waals surface area contributed by atoms with Gasteiger partial charge < -0.3 is 10.0 Å². The van der Waals surface area contributed by atoms with Crippen molar-refractivity contribution in [1.82, 2.24) is 4.90 Å². The van der Waals surface area contributed by atoms with Gasteiger partial charge >= 0.3 is 5.97 Å². The van der Waals surface area contributed by atoms with E-state index in [0.717, 1.165) is 5.56 Å². The Balaban J connectivity index is 1.88. The molecule has 0 aliphatic carbocycles.